The summed E-state index contributed by atoms with van der Waals surface area (Å²) >= 11 is 0. The first-order valence-electron chi connectivity index (χ1n) is 10.0. The van der Waals surface area contributed by atoms with Crippen LogP contribution in [0.5, 0.6) is 0 Å². The van der Waals surface area contributed by atoms with Crippen molar-refractivity contribution in [2.24, 2.45) is 0 Å². The summed E-state index contributed by atoms with van der Waals surface area (Å²) in [7, 11) is 0. The minimum absolute atomic E-state index is 0.391. The molecule has 0 bridgehead atoms. The Morgan fingerprint density at radius 3 is 2.70 bits per heavy atom. The van der Waals surface area contributed by atoms with Gasteiger partial charge in [-0.25, -0.2) is 4.98 Å². The predicted octanol–water partition coefficient (Wildman–Crippen LogP) is 3.46. The third kappa shape index (κ3) is 3.98. The zero-order chi connectivity index (χ0) is 20.3. The second kappa shape index (κ2) is 8.14. The molecule has 0 radical (unpaired) electrons. The van der Waals surface area contributed by atoms with Gasteiger partial charge in [-0.1, -0.05) is 30.3 Å². The van der Waals surface area contributed by atoms with Gasteiger partial charge in [-0.3, -0.25) is 4.98 Å². The normalized spacial score (nSPS) is 15.0. The molecule has 7 heteroatoms. The molecule has 4 aromatic rings. The van der Waals surface area contributed by atoms with Gasteiger partial charge in [0.2, 0.25) is 5.95 Å². The van der Waals surface area contributed by atoms with Crippen molar-refractivity contribution in [3.8, 4) is 0 Å². The Bertz CT molecular complexity index is 1120. The van der Waals surface area contributed by atoms with E-state index in [0.717, 1.165) is 47.0 Å². The first-order chi connectivity index (χ1) is 14.7. The van der Waals surface area contributed by atoms with Gasteiger partial charge in [-0.2, -0.15) is 0 Å². The van der Waals surface area contributed by atoms with E-state index in [9.17, 15) is 5.11 Å². The summed E-state index contributed by atoms with van der Waals surface area (Å²) in [5.41, 5.74) is 5.52. The van der Waals surface area contributed by atoms with Crippen LogP contribution in [0.1, 0.15) is 22.9 Å². The lowest BCUT2D eigenvalue weighted by molar-refractivity contribution is 0.0211. The van der Waals surface area contributed by atoms with E-state index < -0.39 is 6.10 Å². The fourth-order valence-corrected chi connectivity index (χ4v) is 3.45. The lowest BCUT2D eigenvalue weighted by Crippen LogP contribution is -2.40. The van der Waals surface area contributed by atoms with Crippen molar-refractivity contribution in [1.29, 1.82) is 0 Å². The zero-order valence-electron chi connectivity index (χ0n) is 16.4. The van der Waals surface area contributed by atoms with E-state index in [1.54, 1.807) is 6.20 Å². The summed E-state index contributed by atoms with van der Waals surface area (Å²) < 4.78 is 5.21. The Labute approximate surface area is 174 Å². The Hall–Kier alpha value is -3.42. The summed E-state index contributed by atoms with van der Waals surface area (Å²) in [4.78, 5) is 12.1. The van der Waals surface area contributed by atoms with Gasteiger partial charge < -0.3 is 25.5 Å². The molecule has 0 amide bonds. The number of ether oxygens (including phenoxy) is 1. The second-order valence-corrected chi connectivity index (χ2v) is 7.45. The molecule has 1 saturated heterocycles. The third-order valence-electron chi connectivity index (χ3n) is 5.21. The number of pyridine rings is 1. The molecule has 1 fully saturated rings. The van der Waals surface area contributed by atoms with E-state index in [4.69, 9.17) is 4.74 Å². The molecule has 4 N–H and O–H groups in total. The van der Waals surface area contributed by atoms with Gasteiger partial charge in [0.1, 0.15) is 6.10 Å². The predicted molar refractivity (Wildman–Crippen MR) is 116 cm³/mol. The topological polar surface area (TPSA) is 95.1 Å². The molecule has 2 aromatic carbocycles. The van der Waals surface area contributed by atoms with Gasteiger partial charge in [-0.15, -0.1) is 0 Å². The van der Waals surface area contributed by atoms with E-state index in [1.807, 2.05) is 54.6 Å². The summed E-state index contributed by atoms with van der Waals surface area (Å²) in [6, 6.07) is 19.9. The van der Waals surface area contributed by atoms with Crippen molar-refractivity contribution in [3.63, 3.8) is 0 Å². The Kier molecular flexibility index (Phi) is 5.04. The van der Waals surface area contributed by atoms with E-state index in [2.05, 4.69) is 31.7 Å². The molecule has 1 atom stereocenters. The van der Waals surface area contributed by atoms with Crippen LogP contribution in [-0.4, -0.2) is 39.3 Å². The van der Waals surface area contributed by atoms with Crippen molar-refractivity contribution in [3.05, 3.63) is 83.7 Å². The number of imidazole rings is 1. The maximum Gasteiger partial charge on any atom is 0.201 e. The number of rotatable bonds is 7. The molecule has 1 aliphatic heterocycles. The molecule has 1 unspecified atom stereocenters. The van der Waals surface area contributed by atoms with E-state index in [-0.39, 0.29) is 0 Å². The minimum Gasteiger partial charge on any atom is -0.382 e. The van der Waals surface area contributed by atoms with Gasteiger partial charge in [0.25, 0.3) is 0 Å². The number of benzene rings is 2. The number of fused-ring (bicyclic) bond motifs is 1. The number of hydrogen-bond donors (Lipinski definition) is 4. The fraction of sp³-hybridized carbons (Fsp3) is 0.217. The van der Waals surface area contributed by atoms with Gasteiger partial charge in [0.05, 0.1) is 36.0 Å². The molecular weight excluding hydrogens is 378 g/mol. The monoisotopic (exact) mass is 401 g/mol. The quantitative estimate of drug-likeness (QED) is 0.379. The first kappa shape index (κ1) is 18.6. The third-order valence-corrected chi connectivity index (χ3v) is 5.21. The van der Waals surface area contributed by atoms with Gasteiger partial charge in [-0.05, 0) is 41.5 Å². The van der Waals surface area contributed by atoms with Crippen LogP contribution in [0, 0.1) is 0 Å². The van der Waals surface area contributed by atoms with Crippen LogP contribution in [0.15, 0.2) is 66.9 Å². The number of aromatic amines is 1. The lowest BCUT2D eigenvalue weighted by Gasteiger charge is -2.27. The highest BCUT2D eigenvalue weighted by Gasteiger charge is 2.18. The van der Waals surface area contributed by atoms with Crippen molar-refractivity contribution in [1.82, 2.24) is 15.0 Å². The Morgan fingerprint density at radius 1 is 1.10 bits per heavy atom. The summed E-state index contributed by atoms with van der Waals surface area (Å²) in [6.07, 6.45) is 0.961. The standard InChI is InChI=1S/C23H23N5O2/c29-22(20-3-1-2-10-24-20)16-6-4-15(5-7-16)12-25-23-27-19-9-8-17(11-21(19)28-23)26-18-13-30-14-18/h1-11,18,22,26,29H,12-14H2,(H2,25,27,28). The smallest absolute Gasteiger partial charge is 0.201 e. The van der Waals surface area contributed by atoms with Crippen LogP contribution in [0.2, 0.25) is 0 Å². The minimum atomic E-state index is -0.724. The molecule has 1 aliphatic rings. The number of nitrogens with zero attached hydrogens (tertiary/aromatic N) is 2. The van der Waals surface area contributed by atoms with Crippen LogP contribution in [0.4, 0.5) is 11.6 Å². The van der Waals surface area contributed by atoms with Crippen LogP contribution >= 0.6 is 0 Å². The second-order valence-electron chi connectivity index (χ2n) is 7.45. The highest BCUT2D eigenvalue weighted by Crippen LogP contribution is 2.22. The van der Waals surface area contributed by atoms with Crippen LogP contribution < -0.4 is 10.6 Å². The Morgan fingerprint density at radius 2 is 1.97 bits per heavy atom. The van der Waals surface area contributed by atoms with Crippen molar-refractivity contribution in [2.75, 3.05) is 23.8 Å². The number of anilines is 2. The Balaban J connectivity index is 1.22. The average molecular weight is 401 g/mol. The van der Waals surface area contributed by atoms with Crippen LogP contribution in [-0.2, 0) is 11.3 Å². The largest absolute Gasteiger partial charge is 0.382 e. The number of aliphatic hydroxyl groups is 1. The molecule has 7 nitrogen and oxygen atoms in total. The highest BCUT2D eigenvalue weighted by atomic mass is 16.5. The van der Waals surface area contributed by atoms with E-state index in [0.29, 0.717) is 18.3 Å². The summed E-state index contributed by atoms with van der Waals surface area (Å²) in [5, 5.41) is 17.2. The maximum absolute atomic E-state index is 10.5. The molecule has 152 valence electrons. The number of aliphatic hydroxyl groups excluding tert-OH is 1. The number of aromatic nitrogens is 3. The van der Waals surface area contributed by atoms with Crippen LogP contribution in [0.3, 0.4) is 0 Å². The number of hydrogen-bond acceptors (Lipinski definition) is 6. The SMILES string of the molecule is OC(c1ccc(CNc2nc3ccc(NC4COC4)cc3[nH]2)cc1)c1ccccn1. The molecule has 5 rings (SSSR count). The molecule has 0 saturated carbocycles. The molecule has 2 aromatic heterocycles. The van der Waals surface area contributed by atoms with Gasteiger partial charge >= 0.3 is 0 Å². The first-order valence-corrected chi connectivity index (χ1v) is 10.0. The zero-order valence-corrected chi connectivity index (χ0v) is 16.4. The fourth-order valence-electron chi connectivity index (χ4n) is 3.45. The molecular formula is C23H23N5O2. The average Bonchev–Trinajstić information content (AvgIpc) is 3.17. The lowest BCUT2D eigenvalue weighted by atomic mass is 10.0. The van der Waals surface area contributed by atoms with E-state index >= 15 is 0 Å². The van der Waals surface area contributed by atoms with Gasteiger partial charge in [0.15, 0.2) is 0 Å². The molecule has 30 heavy (non-hydrogen) atoms. The summed E-state index contributed by atoms with van der Waals surface area (Å²) in [5.74, 6) is 0.728. The molecule has 0 aliphatic carbocycles. The number of nitrogens with one attached hydrogen (secondary N) is 3. The molecule has 0 spiro atoms. The van der Waals surface area contributed by atoms with E-state index in [1.165, 1.54) is 0 Å². The van der Waals surface area contributed by atoms with Crippen molar-refractivity contribution in [2.45, 2.75) is 18.7 Å². The summed E-state index contributed by atoms with van der Waals surface area (Å²) in [6.45, 7) is 2.14. The van der Waals surface area contributed by atoms with Crippen LogP contribution in [0.25, 0.3) is 11.0 Å². The highest BCUT2D eigenvalue weighted by molar-refractivity contribution is 5.81. The van der Waals surface area contributed by atoms with Crippen molar-refractivity contribution < 1.29 is 9.84 Å². The van der Waals surface area contributed by atoms with Crippen molar-refractivity contribution >= 4 is 22.7 Å². The maximum atomic E-state index is 10.5. The molecule has 3 heterocycles. The van der Waals surface area contributed by atoms with Gasteiger partial charge in [0, 0.05) is 18.4 Å². The number of H-pyrrole nitrogens is 1.